The molecular weight excluding hydrogens is 452 g/mol. The van der Waals surface area contributed by atoms with E-state index in [2.05, 4.69) is 10.0 Å². The first-order chi connectivity index (χ1) is 14.9. The minimum Gasteiger partial charge on any atom is -0.494 e. The Bertz CT molecular complexity index is 752. The quantitative estimate of drug-likeness (QED) is 0.306. The van der Waals surface area contributed by atoms with E-state index in [0.717, 1.165) is 43.2 Å². The molecule has 2 N–H and O–H groups in total. The Morgan fingerprint density at radius 3 is 2.47 bits per heavy atom. The normalized spacial score (nSPS) is 15.6. The number of carbonyl (C=O) groups excluding carboxylic acids is 1. The van der Waals surface area contributed by atoms with Gasteiger partial charge in [0.1, 0.15) is 11.8 Å². The number of nitrogens with one attached hydrogen (secondary N) is 2. The lowest BCUT2D eigenvalue weighted by Crippen LogP contribution is -2.43. The topological polar surface area (TPSA) is 93.7 Å². The summed E-state index contributed by atoms with van der Waals surface area (Å²) in [7, 11) is -2.27. The largest absolute Gasteiger partial charge is 0.494 e. The predicted molar refractivity (Wildman–Crippen MR) is 130 cm³/mol. The molecule has 7 nitrogen and oxygen atoms in total. The second-order valence-electron chi connectivity index (χ2n) is 8.25. The van der Waals surface area contributed by atoms with E-state index in [4.69, 9.17) is 9.47 Å². The average molecular weight is 491 g/mol. The molecule has 1 heterocycles. The van der Waals surface area contributed by atoms with Gasteiger partial charge in [-0.2, -0.15) is 0 Å². The van der Waals surface area contributed by atoms with Crippen LogP contribution in [0.2, 0.25) is 0 Å². The zero-order valence-electron chi connectivity index (χ0n) is 19.3. The van der Waals surface area contributed by atoms with Crippen LogP contribution in [0.4, 0.5) is 0 Å². The summed E-state index contributed by atoms with van der Waals surface area (Å²) < 4.78 is 37.5. The number of halogens is 1. The van der Waals surface area contributed by atoms with Crippen molar-refractivity contribution in [2.45, 2.75) is 64.3 Å². The van der Waals surface area contributed by atoms with E-state index in [9.17, 15) is 13.2 Å². The highest BCUT2D eigenvalue weighted by molar-refractivity contribution is 7.89. The average Bonchev–Trinajstić information content (AvgIpc) is 2.78. The molecule has 184 valence electrons. The van der Waals surface area contributed by atoms with Gasteiger partial charge in [0.05, 0.1) is 19.5 Å². The number of hydrogen-bond acceptors (Lipinski definition) is 6. The fraction of sp³-hybridized carbons (Fsp3) is 0.696. The van der Waals surface area contributed by atoms with Crippen molar-refractivity contribution in [1.29, 1.82) is 0 Å². The van der Waals surface area contributed by atoms with Gasteiger partial charge in [-0.1, -0.05) is 31.9 Å². The van der Waals surface area contributed by atoms with Crippen molar-refractivity contribution >= 4 is 28.4 Å². The van der Waals surface area contributed by atoms with Gasteiger partial charge in [-0.15, -0.1) is 12.4 Å². The lowest BCUT2D eigenvalue weighted by molar-refractivity contribution is -0.142. The number of hydrogen-bond donors (Lipinski definition) is 2. The number of sulfonamides is 1. The van der Waals surface area contributed by atoms with Crippen molar-refractivity contribution in [2.24, 2.45) is 5.92 Å². The molecule has 1 aromatic rings. The Balaban J connectivity index is 0.00000512. The maximum Gasteiger partial charge on any atom is 0.324 e. The van der Waals surface area contributed by atoms with E-state index in [1.54, 1.807) is 0 Å². The highest BCUT2D eigenvalue weighted by atomic mass is 35.5. The van der Waals surface area contributed by atoms with E-state index in [-0.39, 0.29) is 24.6 Å². The SMILES string of the molecule is CCCCS(=O)(=O)N[C@@H](Cc1ccc(OCCCCC2CCNCC2)cc1)C(=O)OC.Cl. The zero-order valence-corrected chi connectivity index (χ0v) is 20.9. The van der Waals surface area contributed by atoms with Crippen molar-refractivity contribution in [3.8, 4) is 5.75 Å². The van der Waals surface area contributed by atoms with Crippen LogP contribution in [0.5, 0.6) is 5.75 Å². The summed E-state index contributed by atoms with van der Waals surface area (Å²) >= 11 is 0. The van der Waals surface area contributed by atoms with Gasteiger partial charge in [0.25, 0.3) is 0 Å². The first-order valence-electron chi connectivity index (χ1n) is 11.4. The van der Waals surface area contributed by atoms with Crippen molar-refractivity contribution in [3.05, 3.63) is 29.8 Å². The van der Waals surface area contributed by atoms with Gasteiger partial charge in [-0.05, 0) is 75.2 Å². The highest BCUT2D eigenvalue weighted by Crippen LogP contribution is 2.19. The summed E-state index contributed by atoms with van der Waals surface area (Å²) in [5.41, 5.74) is 0.840. The molecule has 2 rings (SSSR count). The molecule has 0 radical (unpaired) electrons. The molecule has 1 saturated heterocycles. The minimum absolute atomic E-state index is 0. The van der Waals surface area contributed by atoms with E-state index < -0.39 is 22.0 Å². The molecule has 0 saturated carbocycles. The summed E-state index contributed by atoms with van der Waals surface area (Å²) in [6.07, 6.45) is 7.60. The van der Waals surface area contributed by atoms with Crippen LogP contribution in [0.25, 0.3) is 0 Å². The first-order valence-corrected chi connectivity index (χ1v) is 13.1. The van der Waals surface area contributed by atoms with Crippen LogP contribution in [0.15, 0.2) is 24.3 Å². The molecule has 0 bridgehead atoms. The monoisotopic (exact) mass is 490 g/mol. The second-order valence-corrected chi connectivity index (χ2v) is 10.1. The molecule has 32 heavy (non-hydrogen) atoms. The number of rotatable bonds is 14. The van der Waals surface area contributed by atoms with Crippen molar-refractivity contribution in [2.75, 3.05) is 32.6 Å². The third-order valence-corrected chi connectivity index (χ3v) is 7.14. The maximum absolute atomic E-state index is 12.2. The van der Waals surface area contributed by atoms with Crippen LogP contribution in [0.3, 0.4) is 0 Å². The smallest absolute Gasteiger partial charge is 0.324 e. The number of methoxy groups -OCH3 is 1. The van der Waals surface area contributed by atoms with E-state index >= 15 is 0 Å². The lowest BCUT2D eigenvalue weighted by Gasteiger charge is -2.22. The van der Waals surface area contributed by atoms with Gasteiger partial charge in [0.15, 0.2) is 0 Å². The van der Waals surface area contributed by atoms with Gasteiger partial charge in [-0.25, -0.2) is 13.1 Å². The zero-order chi connectivity index (χ0) is 22.5. The Morgan fingerprint density at radius 2 is 1.84 bits per heavy atom. The van der Waals surface area contributed by atoms with Gasteiger partial charge in [0, 0.05) is 0 Å². The number of unbranched alkanes of at least 4 members (excludes halogenated alkanes) is 2. The third kappa shape index (κ3) is 11.0. The van der Waals surface area contributed by atoms with Gasteiger partial charge in [0.2, 0.25) is 10.0 Å². The first kappa shape index (κ1) is 28.7. The van der Waals surface area contributed by atoms with Crippen molar-refractivity contribution in [3.63, 3.8) is 0 Å². The maximum atomic E-state index is 12.2. The van der Waals surface area contributed by atoms with Crippen LogP contribution < -0.4 is 14.8 Å². The number of carbonyl (C=O) groups is 1. The van der Waals surface area contributed by atoms with E-state index in [0.29, 0.717) is 13.0 Å². The summed E-state index contributed by atoms with van der Waals surface area (Å²) in [6, 6.07) is 6.51. The summed E-state index contributed by atoms with van der Waals surface area (Å²) in [6.45, 7) is 4.90. The van der Waals surface area contributed by atoms with Crippen LogP contribution in [-0.4, -0.2) is 53.0 Å². The molecule has 1 aromatic carbocycles. The molecule has 1 aliphatic rings. The Hall–Kier alpha value is -1.35. The van der Waals surface area contributed by atoms with E-state index in [1.807, 2.05) is 31.2 Å². The van der Waals surface area contributed by atoms with Crippen molar-refractivity contribution in [1.82, 2.24) is 10.0 Å². The number of ether oxygens (including phenoxy) is 2. The molecule has 9 heteroatoms. The molecule has 1 aliphatic heterocycles. The molecule has 1 atom stereocenters. The fourth-order valence-electron chi connectivity index (χ4n) is 3.78. The molecule has 0 spiro atoms. The predicted octanol–water partition coefficient (Wildman–Crippen LogP) is 3.46. The highest BCUT2D eigenvalue weighted by Gasteiger charge is 2.25. The fourth-order valence-corrected chi connectivity index (χ4v) is 5.18. The van der Waals surface area contributed by atoms with E-state index in [1.165, 1.54) is 32.8 Å². The number of piperidine rings is 1. The molecule has 0 amide bonds. The third-order valence-electron chi connectivity index (χ3n) is 5.67. The van der Waals surface area contributed by atoms with Crippen LogP contribution >= 0.6 is 12.4 Å². The number of esters is 1. The Kier molecular flexibility index (Phi) is 13.9. The summed E-state index contributed by atoms with van der Waals surface area (Å²) in [5, 5.41) is 3.40. The van der Waals surface area contributed by atoms with Gasteiger partial charge in [-0.3, -0.25) is 4.79 Å². The van der Waals surface area contributed by atoms with Gasteiger partial charge >= 0.3 is 5.97 Å². The second kappa shape index (κ2) is 15.5. The Morgan fingerprint density at radius 1 is 1.16 bits per heavy atom. The standard InChI is InChI=1S/C23H38N2O5S.ClH/c1-3-4-17-31(27,28)25-22(23(26)29-2)18-20-8-10-21(11-9-20)30-16-6-5-7-19-12-14-24-15-13-19;/h8-11,19,22,24-25H,3-7,12-18H2,1-2H3;1H/t22-;/m0./s1. The van der Waals surface area contributed by atoms with Crippen LogP contribution in [0.1, 0.15) is 57.4 Å². The molecule has 1 fully saturated rings. The van der Waals surface area contributed by atoms with Crippen LogP contribution in [0, 0.1) is 5.92 Å². The number of benzene rings is 1. The molecular formula is C23H39ClN2O5S. The Labute approximate surface area is 199 Å². The van der Waals surface area contributed by atoms with Crippen LogP contribution in [-0.2, 0) is 26.0 Å². The van der Waals surface area contributed by atoms with Crippen molar-refractivity contribution < 1.29 is 22.7 Å². The summed E-state index contributed by atoms with van der Waals surface area (Å²) in [4.78, 5) is 12.1. The molecule has 0 aromatic heterocycles. The summed E-state index contributed by atoms with van der Waals surface area (Å²) in [5.74, 6) is 1.04. The lowest BCUT2D eigenvalue weighted by atomic mass is 9.93. The molecule has 0 aliphatic carbocycles. The van der Waals surface area contributed by atoms with Gasteiger partial charge < -0.3 is 14.8 Å². The minimum atomic E-state index is -3.53. The molecule has 0 unspecified atom stereocenters.